The third-order valence-corrected chi connectivity index (χ3v) is 1.40. The van der Waals surface area contributed by atoms with Gasteiger partial charge in [-0.05, 0) is 18.9 Å². The number of halogens is 1. The van der Waals surface area contributed by atoms with Crippen LogP contribution in [0.4, 0.5) is 0 Å². The van der Waals surface area contributed by atoms with E-state index in [4.69, 9.17) is 5.73 Å². The summed E-state index contributed by atoms with van der Waals surface area (Å²) in [6.45, 7) is 2.02. The second kappa shape index (κ2) is 5.16. The van der Waals surface area contributed by atoms with Crippen molar-refractivity contribution < 1.29 is 0 Å². The number of benzene rings is 1. The van der Waals surface area contributed by atoms with E-state index in [0.717, 1.165) is 6.42 Å². The van der Waals surface area contributed by atoms with Gasteiger partial charge in [0.2, 0.25) is 0 Å². The first-order valence-corrected chi connectivity index (χ1v) is 3.58. The second-order valence-corrected chi connectivity index (χ2v) is 2.67. The Morgan fingerprint density at radius 2 is 1.82 bits per heavy atom. The molecule has 0 spiro atoms. The standard InChI is InChI=1S/C9H13N.ClH/c1-8(10)7-9-5-3-2-4-6-9;/h2-6,8H,7,10H2,1H3;1H/i2+1,3+1,4+1,5+1,6+1,9+1;. The van der Waals surface area contributed by atoms with E-state index >= 15 is 0 Å². The molecule has 0 saturated heterocycles. The molecule has 0 aliphatic carbocycles. The van der Waals surface area contributed by atoms with Gasteiger partial charge < -0.3 is 5.73 Å². The second-order valence-electron chi connectivity index (χ2n) is 2.67. The Morgan fingerprint density at radius 1 is 1.27 bits per heavy atom. The SMILES string of the molecule is CC(N)C[13c]1[13cH][13cH][13cH][13cH][13cH]1.Cl. The summed E-state index contributed by atoms with van der Waals surface area (Å²) in [4.78, 5) is 0. The lowest BCUT2D eigenvalue weighted by molar-refractivity contribution is 0.738. The first kappa shape index (κ1) is 10.5. The molecule has 1 atom stereocenters. The maximum atomic E-state index is 5.62. The van der Waals surface area contributed by atoms with Crippen molar-refractivity contribution in [3.63, 3.8) is 0 Å². The van der Waals surface area contributed by atoms with Crippen molar-refractivity contribution in [3.8, 4) is 0 Å². The highest BCUT2D eigenvalue weighted by Crippen LogP contribution is 2.00. The highest BCUT2D eigenvalue weighted by Gasteiger charge is 1.94. The molecule has 1 unspecified atom stereocenters. The molecular weight excluding hydrogens is 164 g/mol. The molecule has 2 N–H and O–H groups in total. The molecule has 0 aliphatic heterocycles. The van der Waals surface area contributed by atoms with Crippen LogP contribution in [0.15, 0.2) is 30.3 Å². The van der Waals surface area contributed by atoms with Crippen molar-refractivity contribution in [3.05, 3.63) is 35.9 Å². The van der Waals surface area contributed by atoms with E-state index < -0.39 is 0 Å². The van der Waals surface area contributed by atoms with Gasteiger partial charge in [-0.3, -0.25) is 0 Å². The molecule has 0 heterocycles. The first-order valence-electron chi connectivity index (χ1n) is 3.58. The highest BCUT2D eigenvalue weighted by molar-refractivity contribution is 5.85. The van der Waals surface area contributed by atoms with Crippen molar-refractivity contribution in [2.24, 2.45) is 5.73 Å². The minimum Gasteiger partial charge on any atom is -0.328 e. The van der Waals surface area contributed by atoms with Crippen molar-refractivity contribution in [2.45, 2.75) is 19.4 Å². The van der Waals surface area contributed by atoms with E-state index in [1.165, 1.54) is 5.56 Å². The fraction of sp³-hybridized carbons (Fsp3) is 0.333. The van der Waals surface area contributed by atoms with Gasteiger partial charge in [-0.25, -0.2) is 0 Å². The van der Waals surface area contributed by atoms with Crippen LogP contribution in [0.25, 0.3) is 0 Å². The van der Waals surface area contributed by atoms with E-state index in [1.807, 2.05) is 25.1 Å². The summed E-state index contributed by atoms with van der Waals surface area (Å²) in [7, 11) is 0. The molecule has 1 rings (SSSR count). The number of nitrogens with two attached hydrogens (primary N) is 1. The van der Waals surface area contributed by atoms with Gasteiger partial charge in [0.25, 0.3) is 0 Å². The van der Waals surface area contributed by atoms with Crippen LogP contribution in [0.3, 0.4) is 0 Å². The number of rotatable bonds is 2. The van der Waals surface area contributed by atoms with Crippen LogP contribution in [0, 0.1) is 0 Å². The Bertz CT molecular complexity index is 184. The first-order chi connectivity index (χ1) is 4.79. The molecule has 62 valence electrons. The van der Waals surface area contributed by atoms with Gasteiger partial charge in [-0.1, -0.05) is 30.3 Å². The summed E-state index contributed by atoms with van der Waals surface area (Å²) < 4.78 is 0. The summed E-state index contributed by atoms with van der Waals surface area (Å²) in [5.74, 6) is 0. The number of hydrogen-bond donors (Lipinski definition) is 1. The zero-order valence-corrected chi connectivity index (χ0v) is 7.47. The van der Waals surface area contributed by atoms with Crippen LogP contribution < -0.4 is 5.73 Å². The summed E-state index contributed by atoms with van der Waals surface area (Å²) in [5, 5.41) is 0. The minimum absolute atomic E-state index is 0. The van der Waals surface area contributed by atoms with E-state index in [0.29, 0.717) is 0 Å². The van der Waals surface area contributed by atoms with Gasteiger partial charge in [0.05, 0.1) is 0 Å². The van der Waals surface area contributed by atoms with Crippen LogP contribution in [-0.4, -0.2) is 6.04 Å². The predicted molar refractivity (Wildman–Crippen MR) is 51.0 cm³/mol. The third-order valence-electron chi connectivity index (χ3n) is 1.40. The fourth-order valence-corrected chi connectivity index (χ4v) is 0.986. The smallest absolute Gasteiger partial charge is 0.00509 e. The largest absolute Gasteiger partial charge is 0.328 e. The molecule has 11 heavy (non-hydrogen) atoms. The molecule has 0 bridgehead atoms. The number of hydrogen-bond acceptors (Lipinski definition) is 1. The maximum Gasteiger partial charge on any atom is 0.00509 e. The molecule has 0 saturated carbocycles. The van der Waals surface area contributed by atoms with Gasteiger partial charge in [0.15, 0.2) is 0 Å². The van der Waals surface area contributed by atoms with Gasteiger partial charge in [0.1, 0.15) is 0 Å². The molecule has 0 amide bonds. The van der Waals surface area contributed by atoms with Gasteiger partial charge in [-0.15, -0.1) is 12.4 Å². The van der Waals surface area contributed by atoms with Crippen LogP contribution in [0.2, 0.25) is 0 Å². The zero-order valence-electron chi connectivity index (χ0n) is 6.66. The minimum atomic E-state index is 0. The van der Waals surface area contributed by atoms with Gasteiger partial charge >= 0.3 is 0 Å². The maximum absolute atomic E-state index is 5.62. The monoisotopic (exact) mass is 177 g/mol. The average Bonchev–Trinajstić information content (AvgIpc) is 1.88. The average molecular weight is 178 g/mol. The summed E-state index contributed by atoms with van der Waals surface area (Å²) in [6.07, 6.45) is 0.973. The lowest BCUT2D eigenvalue weighted by Gasteiger charge is -2.02. The molecular formula is C9H14ClN. The zero-order chi connectivity index (χ0) is 7.40. The molecule has 1 aromatic rings. The van der Waals surface area contributed by atoms with Gasteiger partial charge in [0, 0.05) is 6.04 Å². The molecule has 0 aliphatic rings. The van der Waals surface area contributed by atoms with Crippen LogP contribution in [0.5, 0.6) is 0 Å². The molecule has 0 fully saturated rings. The Labute approximate surface area is 74.0 Å². The Hall–Kier alpha value is -0.530. The van der Waals surface area contributed by atoms with Gasteiger partial charge in [-0.2, -0.15) is 0 Å². The summed E-state index contributed by atoms with van der Waals surface area (Å²) in [6, 6.07) is 10.6. The topological polar surface area (TPSA) is 26.0 Å². The molecule has 1 aromatic carbocycles. The van der Waals surface area contributed by atoms with E-state index in [1.54, 1.807) is 0 Å². The van der Waals surface area contributed by atoms with Crippen molar-refractivity contribution in [1.82, 2.24) is 0 Å². The normalized spacial score (nSPS) is 11.8. The fourth-order valence-electron chi connectivity index (χ4n) is 0.986. The quantitative estimate of drug-likeness (QED) is 0.735. The predicted octanol–water partition coefficient (Wildman–Crippen LogP) is 2.00. The Kier molecular flexibility index (Phi) is 4.92. The molecule has 0 radical (unpaired) electrons. The van der Waals surface area contributed by atoms with Crippen LogP contribution in [0.1, 0.15) is 12.5 Å². The van der Waals surface area contributed by atoms with Crippen molar-refractivity contribution in [2.75, 3.05) is 0 Å². The lowest BCUT2D eigenvalue weighted by Crippen LogP contribution is -2.17. The third kappa shape index (κ3) is 4.02. The lowest BCUT2D eigenvalue weighted by atomic mass is 10.3. The summed E-state index contributed by atoms with van der Waals surface area (Å²) in [5.41, 5.74) is 6.94. The van der Waals surface area contributed by atoms with Crippen molar-refractivity contribution >= 4 is 12.4 Å². The molecule has 2 heteroatoms. The molecule has 1 nitrogen and oxygen atoms in total. The van der Waals surface area contributed by atoms with E-state index in [9.17, 15) is 0 Å². The van der Waals surface area contributed by atoms with Crippen LogP contribution in [-0.2, 0) is 6.42 Å². The van der Waals surface area contributed by atoms with Crippen LogP contribution >= 0.6 is 12.4 Å². The Morgan fingerprint density at radius 3 is 2.27 bits per heavy atom. The van der Waals surface area contributed by atoms with E-state index in [2.05, 4.69) is 12.1 Å². The van der Waals surface area contributed by atoms with E-state index in [-0.39, 0.29) is 18.4 Å². The highest BCUT2D eigenvalue weighted by atomic mass is 35.5. The Balaban J connectivity index is 0.000001000. The van der Waals surface area contributed by atoms with Crippen molar-refractivity contribution in [1.29, 1.82) is 0 Å². The summed E-state index contributed by atoms with van der Waals surface area (Å²) >= 11 is 0. The molecule has 0 aromatic heterocycles.